The van der Waals surface area contributed by atoms with Crippen LogP contribution in [0.15, 0.2) is 48.5 Å². The zero-order valence-corrected chi connectivity index (χ0v) is 17.7. The average Bonchev–Trinajstić information content (AvgIpc) is 2.79. The number of hydrogen-bond donors (Lipinski definition) is 3. The normalized spacial score (nSPS) is 14.0. The molecule has 1 fully saturated rings. The van der Waals surface area contributed by atoms with Crippen molar-refractivity contribution >= 4 is 40.9 Å². The van der Waals surface area contributed by atoms with E-state index in [1.54, 1.807) is 53.4 Å². The number of alkyl carbamates (subject to hydrolysis) is 1. The number of halogens is 1. The van der Waals surface area contributed by atoms with Crippen LogP contribution in [-0.2, 0) is 16.1 Å². The number of piperidine rings is 1. The maximum atomic E-state index is 12.4. The smallest absolute Gasteiger partial charge is 0.407 e. The lowest BCUT2D eigenvalue weighted by molar-refractivity contribution is -0.130. The molecule has 0 aromatic heterocycles. The van der Waals surface area contributed by atoms with Gasteiger partial charge < -0.3 is 26.0 Å². The summed E-state index contributed by atoms with van der Waals surface area (Å²) in [6.07, 6.45) is 0.441. The highest BCUT2D eigenvalue weighted by molar-refractivity contribution is 6.27. The molecule has 1 heterocycles. The van der Waals surface area contributed by atoms with Crippen LogP contribution in [0.1, 0.15) is 28.8 Å². The molecule has 1 aliphatic heterocycles. The minimum absolute atomic E-state index is 0.0349. The number of carbonyl (C=O) groups excluding carboxylic acids is 3. The maximum absolute atomic E-state index is 12.4. The van der Waals surface area contributed by atoms with E-state index in [0.29, 0.717) is 42.9 Å². The molecule has 4 N–H and O–H groups in total. The number of amides is 3. The van der Waals surface area contributed by atoms with Gasteiger partial charge in [-0.15, -0.1) is 11.6 Å². The molecule has 0 aliphatic carbocycles. The van der Waals surface area contributed by atoms with Gasteiger partial charge in [-0.2, -0.15) is 0 Å². The molecule has 8 nitrogen and oxygen atoms in total. The van der Waals surface area contributed by atoms with Crippen LogP contribution < -0.4 is 16.4 Å². The number of nitrogens with two attached hydrogens (primary N) is 1. The summed E-state index contributed by atoms with van der Waals surface area (Å²) in [6.45, 7) is 1.33. The van der Waals surface area contributed by atoms with E-state index in [1.807, 2.05) is 0 Å². The van der Waals surface area contributed by atoms with Crippen molar-refractivity contribution in [1.29, 1.82) is 0 Å². The van der Waals surface area contributed by atoms with E-state index in [-0.39, 0.29) is 30.3 Å². The lowest BCUT2D eigenvalue weighted by Gasteiger charge is -2.31. The molecule has 164 valence electrons. The Balaban J connectivity index is 1.43. The van der Waals surface area contributed by atoms with E-state index in [4.69, 9.17) is 22.1 Å². The number of alkyl halides is 1. The summed E-state index contributed by atoms with van der Waals surface area (Å²) >= 11 is 5.56. The van der Waals surface area contributed by atoms with Crippen molar-refractivity contribution in [2.24, 2.45) is 0 Å². The Morgan fingerprint density at radius 3 is 2.39 bits per heavy atom. The van der Waals surface area contributed by atoms with Gasteiger partial charge in [-0.05, 0) is 29.8 Å². The molecule has 31 heavy (non-hydrogen) atoms. The molecule has 3 rings (SSSR count). The first-order valence-corrected chi connectivity index (χ1v) is 10.5. The molecule has 0 radical (unpaired) electrons. The van der Waals surface area contributed by atoms with Gasteiger partial charge in [0, 0.05) is 38.0 Å². The van der Waals surface area contributed by atoms with Gasteiger partial charge >= 0.3 is 6.09 Å². The Morgan fingerprint density at radius 1 is 1.06 bits per heavy atom. The van der Waals surface area contributed by atoms with Crippen molar-refractivity contribution in [2.45, 2.75) is 25.5 Å². The van der Waals surface area contributed by atoms with Crippen molar-refractivity contribution in [2.75, 3.05) is 30.0 Å². The highest BCUT2D eigenvalue weighted by Gasteiger charge is 2.24. The second kappa shape index (κ2) is 10.7. The largest absolute Gasteiger partial charge is 0.446 e. The molecule has 0 atom stereocenters. The van der Waals surface area contributed by atoms with E-state index in [1.165, 1.54) is 0 Å². The van der Waals surface area contributed by atoms with Crippen molar-refractivity contribution in [3.05, 3.63) is 59.7 Å². The summed E-state index contributed by atoms with van der Waals surface area (Å²) < 4.78 is 5.42. The van der Waals surface area contributed by atoms with Crippen LogP contribution in [0.25, 0.3) is 0 Å². The fourth-order valence-electron chi connectivity index (χ4n) is 3.25. The molecule has 2 aromatic rings. The van der Waals surface area contributed by atoms with Crippen LogP contribution >= 0.6 is 11.6 Å². The summed E-state index contributed by atoms with van der Waals surface area (Å²) in [7, 11) is 0. The van der Waals surface area contributed by atoms with Crippen LogP contribution in [0.3, 0.4) is 0 Å². The maximum Gasteiger partial charge on any atom is 0.407 e. The number of anilines is 2. The standard InChI is InChI=1S/C22H25ClN4O4/c23-13-20(28)27-11-9-17(10-12-27)31-22(30)25-14-15-5-7-16(8-6-15)21(29)26-19-4-2-1-3-18(19)24/h1-8,17H,9-14,24H2,(H,25,30)(H,26,29). The molecule has 9 heteroatoms. The van der Waals surface area contributed by atoms with Crippen LogP contribution in [0.5, 0.6) is 0 Å². The second-order valence-electron chi connectivity index (χ2n) is 7.21. The van der Waals surface area contributed by atoms with Gasteiger partial charge in [0.15, 0.2) is 0 Å². The number of nitrogen functional groups attached to an aromatic ring is 1. The third kappa shape index (κ3) is 6.36. The lowest BCUT2D eigenvalue weighted by Crippen LogP contribution is -2.42. The molecular formula is C22H25ClN4O4. The fourth-order valence-corrected chi connectivity index (χ4v) is 3.42. The summed E-state index contributed by atoms with van der Waals surface area (Å²) in [6, 6.07) is 13.9. The van der Waals surface area contributed by atoms with Gasteiger partial charge in [-0.3, -0.25) is 9.59 Å². The third-order valence-corrected chi connectivity index (χ3v) is 5.27. The topological polar surface area (TPSA) is 114 Å². The van der Waals surface area contributed by atoms with Crippen LogP contribution in [0.2, 0.25) is 0 Å². The minimum Gasteiger partial charge on any atom is -0.446 e. The summed E-state index contributed by atoms with van der Waals surface area (Å²) in [4.78, 5) is 37.7. The van der Waals surface area contributed by atoms with Gasteiger partial charge in [0.1, 0.15) is 12.0 Å². The number of hydrogen-bond acceptors (Lipinski definition) is 5. The van der Waals surface area contributed by atoms with Crippen LogP contribution in [0, 0.1) is 0 Å². The molecule has 1 saturated heterocycles. The van der Waals surface area contributed by atoms with Crippen molar-refractivity contribution < 1.29 is 19.1 Å². The molecule has 2 aromatic carbocycles. The SMILES string of the molecule is Nc1ccccc1NC(=O)c1ccc(CNC(=O)OC2CCN(C(=O)CCl)CC2)cc1. The quantitative estimate of drug-likeness (QED) is 0.468. The third-order valence-electron chi connectivity index (χ3n) is 5.04. The zero-order chi connectivity index (χ0) is 22.2. The van der Waals surface area contributed by atoms with Gasteiger partial charge in [0.2, 0.25) is 5.91 Å². The predicted molar refractivity (Wildman–Crippen MR) is 119 cm³/mol. The second-order valence-corrected chi connectivity index (χ2v) is 7.48. The Bertz CT molecular complexity index is 927. The summed E-state index contributed by atoms with van der Waals surface area (Å²) in [5.74, 6) is -0.406. The minimum atomic E-state index is -0.511. The van der Waals surface area contributed by atoms with Crippen LogP contribution in [0.4, 0.5) is 16.2 Å². The van der Waals surface area contributed by atoms with Crippen molar-refractivity contribution in [3.63, 3.8) is 0 Å². The molecule has 0 spiro atoms. The average molecular weight is 445 g/mol. The highest BCUT2D eigenvalue weighted by Crippen LogP contribution is 2.18. The van der Waals surface area contributed by atoms with E-state index >= 15 is 0 Å². The lowest BCUT2D eigenvalue weighted by atomic mass is 10.1. The Labute approximate surface area is 185 Å². The zero-order valence-electron chi connectivity index (χ0n) is 17.0. The summed E-state index contributed by atoms with van der Waals surface area (Å²) in [5, 5.41) is 5.48. The number of nitrogens with one attached hydrogen (secondary N) is 2. The number of para-hydroxylation sites is 2. The molecule has 0 bridgehead atoms. The first-order chi connectivity index (χ1) is 15.0. The Kier molecular flexibility index (Phi) is 7.72. The molecule has 3 amide bonds. The van der Waals surface area contributed by atoms with Crippen molar-refractivity contribution in [1.82, 2.24) is 10.2 Å². The molecule has 1 aliphatic rings. The number of nitrogens with zero attached hydrogens (tertiary/aromatic N) is 1. The highest BCUT2D eigenvalue weighted by atomic mass is 35.5. The number of ether oxygens (including phenoxy) is 1. The van der Waals surface area contributed by atoms with Gasteiger partial charge in [-0.1, -0.05) is 24.3 Å². The summed E-state index contributed by atoms with van der Waals surface area (Å²) in [5.41, 5.74) is 8.20. The number of rotatable bonds is 6. The Hall–Kier alpha value is -3.26. The molecule has 0 saturated carbocycles. The molecular weight excluding hydrogens is 420 g/mol. The number of likely N-dealkylation sites (tertiary alicyclic amines) is 1. The first kappa shape index (κ1) is 22.4. The monoisotopic (exact) mass is 444 g/mol. The van der Waals surface area contributed by atoms with Gasteiger partial charge in [0.05, 0.1) is 11.4 Å². The number of benzene rings is 2. The van der Waals surface area contributed by atoms with Crippen LogP contribution in [-0.4, -0.2) is 47.9 Å². The first-order valence-electron chi connectivity index (χ1n) is 9.99. The predicted octanol–water partition coefficient (Wildman–Crippen LogP) is 2.98. The van der Waals surface area contributed by atoms with E-state index in [0.717, 1.165) is 5.56 Å². The number of carbonyl (C=O) groups is 3. The van der Waals surface area contributed by atoms with E-state index in [2.05, 4.69) is 10.6 Å². The van der Waals surface area contributed by atoms with E-state index < -0.39 is 6.09 Å². The molecule has 0 unspecified atom stereocenters. The fraction of sp³-hybridized carbons (Fsp3) is 0.318. The van der Waals surface area contributed by atoms with Crippen molar-refractivity contribution in [3.8, 4) is 0 Å². The van der Waals surface area contributed by atoms with Gasteiger partial charge in [-0.25, -0.2) is 4.79 Å². The Morgan fingerprint density at radius 2 is 1.74 bits per heavy atom. The van der Waals surface area contributed by atoms with E-state index in [9.17, 15) is 14.4 Å². The van der Waals surface area contributed by atoms with Gasteiger partial charge in [0.25, 0.3) is 5.91 Å².